The second-order valence-electron chi connectivity index (χ2n) is 8.42. The van der Waals surface area contributed by atoms with E-state index in [1.54, 1.807) is 26.1 Å². The van der Waals surface area contributed by atoms with Gasteiger partial charge in [-0.05, 0) is 55.4 Å². The lowest BCUT2D eigenvalue weighted by molar-refractivity contribution is -0.253. The van der Waals surface area contributed by atoms with Gasteiger partial charge in [0.2, 0.25) is 0 Å². The van der Waals surface area contributed by atoms with E-state index in [-0.39, 0.29) is 12.1 Å². The number of rotatable bonds is 6. The van der Waals surface area contributed by atoms with E-state index in [2.05, 4.69) is 9.73 Å². The fourth-order valence-corrected chi connectivity index (χ4v) is 4.73. The predicted molar refractivity (Wildman–Crippen MR) is 106 cm³/mol. The van der Waals surface area contributed by atoms with E-state index in [0.29, 0.717) is 44.0 Å². The van der Waals surface area contributed by atoms with Gasteiger partial charge in [-0.25, -0.2) is 4.99 Å². The maximum absolute atomic E-state index is 13.5. The van der Waals surface area contributed by atoms with Gasteiger partial charge in [-0.2, -0.15) is 17.6 Å². The third-order valence-corrected chi connectivity index (χ3v) is 6.48. The summed E-state index contributed by atoms with van der Waals surface area (Å²) >= 11 is 0. The summed E-state index contributed by atoms with van der Waals surface area (Å²) in [4.78, 5) is 18.8. The zero-order chi connectivity index (χ0) is 23.0. The first-order valence-electron chi connectivity index (χ1n) is 10.0. The van der Waals surface area contributed by atoms with Crippen molar-refractivity contribution in [1.29, 1.82) is 0 Å². The number of alkyl halides is 4. The Bertz CT molecular complexity index is 854. The molecule has 2 aliphatic carbocycles. The van der Waals surface area contributed by atoms with E-state index in [9.17, 15) is 22.4 Å². The van der Waals surface area contributed by atoms with Crippen LogP contribution in [0.15, 0.2) is 23.2 Å². The fourth-order valence-electron chi connectivity index (χ4n) is 4.73. The van der Waals surface area contributed by atoms with E-state index in [0.717, 1.165) is 5.56 Å². The van der Waals surface area contributed by atoms with Crippen LogP contribution in [0.2, 0.25) is 0 Å². The number of carbonyl (C=O) groups excluding carboxylic acids is 1. The molecule has 172 valence electrons. The molecule has 1 saturated carbocycles. The number of benzene rings is 1. The molecular weight excluding hydrogens is 418 g/mol. The Balaban J connectivity index is 2.12. The minimum absolute atomic E-state index is 0.0532. The van der Waals surface area contributed by atoms with Gasteiger partial charge in [0.25, 0.3) is 0 Å². The van der Waals surface area contributed by atoms with E-state index >= 15 is 0 Å². The SMILES string of the molecule is COC1CCC2(CC1)Cc1ccc(OC(F)(F)C(F)F)cc1C2(C=O)N=C(N)N(C)C. The van der Waals surface area contributed by atoms with Crippen LogP contribution in [0, 0.1) is 5.41 Å². The van der Waals surface area contributed by atoms with E-state index in [1.165, 1.54) is 18.2 Å². The molecule has 2 aliphatic rings. The normalized spacial score (nSPS) is 28.6. The Hall–Kier alpha value is -2.36. The number of hydrogen-bond donors (Lipinski definition) is 1. The maximum atomic E-state index is 13.5. The Morgan fingerprint density at radius 1 is 1.32 bits per heavy atom. The molecule has 0 aromatic heterocycles. The molecule has 1 atom stereocenters. The number of fused-ring (bicyclic) bond motifs is 1. The Kier molecular flexibility index (Phi) is 6.23. The van der Waals surface area contributed by atoms with Crippen molar-refractivity contribution in [2.75, 3.05) is 21.2 Å². The third-order valence-electron chi connectivity index (χ3n) is 6.48. The molecule has 1 unspecified atom stereocenters. The van der Waals surface area contributed by atoms with Gasteiger partial charge in [0, 0.05) is 26.6 Å². The summed E-state index contributed by atoms with van der Waals surface area (Å²) in [7, 11) is 4.98. The molecule has 0 heterocycles. The molecule has 0 aliphatic heterocycles. The number of aldehydes is 1. The lowest BCUT2D eigenvalue weighted by atomic mass is 9.62. The number of ether oxygens (including phenoxy) is 2. The highest BCUT2D eigenvalue weighted by Crippen LogP contribution is 2.59. The van der Waals surface area contributed by atoms with Crippen molar-refractivity contribution < 1.29 is 31.8 Å². The highest BCUT2D eigenvalue weighted by molar-refractivity contribution is 5.84. The largest absolute Gasteiger partial charge is 0.461 e. The number of aliphatic imine (C=N–C) groups is 1. The monoisotopic (exact) mass is 445 g/mol. The zero-order valence-corrected chi connectivity index (χ0v) is 17.7. The standard InChI is InChI=1S/C21H27F4N3O3/c1-28(2)18(26)27-20(12-29)16-10-15(31-21(24,25)17(22)23)5-4-13(16)11-19(20)8-6-14(30-3)7-9-19/h4-5,10,12,14,17H,6-9,11H2,1-3H3,(H2,26,27). The molecule has 1 spiro atoms. The van der Waals surface area contributed by atoms with Gasteiger partial charge in [0.1, 0.15) is 5.75 Å². The number of guanidine groups is 1. The van der Waals surface area contributed by atoms with E-state index in [4.69, 9.17) is 10.5 Å². The summed E-state index contributed by atoms with van der Waals surface area (Å²) in [6, 6.07) is 3.95. The van der Waals surface area contributed by atoms with Crippen molar-refractivity contribution in [1.82, 2.24) is 4.90 Å². The first-order valence-corrected chi connectivity index (χ1v) is 10.0. The lowest BCUT2D eigenvalue weighted by Gasteiger charge is -2.45. The van der Waals surface area contributed by atoms with Crippen LogP contribution in [0.3, 0.4) is 0 Å². The van der Waals surface area contributed by atoms with Crippen molar-refractivity contribution in [2.24, 2.45) is 16.1 Å². The van der Waals surface area contributed by atoms with Crippen molar-refractivity contribution in [3.05, 3.63) is 29.3 Å². The Morgan fingerprint density at radius 3 is 2.48 bits per heavy atom. The first-order chi connectivity index (χ1) is 14.5. The minimum atomic E-state index is -4.66. The van der Waals surface area contributed by atoms with Gasteiger partial charge in [-0.1, -0.05) is 6.07 Å². The van der Waals surface area contributed by atoms with Gasteiger partial charge in [0.15, 0.2) is 17.8 Å². The number of carbonyl (C=O) groups is 1. The average molecular weight is 445 g/mol. The average Bonchev–Trinajstić information content (AvgIpc) is 2.97. The summed E-state index contributed by atoms with van der Waals surface area (Å²) in [5.41, 5.74) is 5.08. The molecule has 6 nitrogen and oxygen atoms in total. The number of hydrogen-bond acceptors (Lipinski definition) is 4. The molecule has 3 rings (SSSR count). The number of methoxy groups -OCH3 is 1. The quantitative estimate of drug-likeness (QED) is 0.315. The first kappa shape index (κ1) is 23.3. The molecule has 0 amide bonds. The predicted octanol–water partition coefficient (Wildman–Crippen LogP) is 3.33. The van der Waals surface area contributed by atoms with Crippen LogP contribution < -0.4 is 10.5 Å². The molecule has 31 heavy (non-hydrogen) atoms. The Morgan fingerprint density at radius 2 is 1.97 bits per heavy atom. The molecule has 10 heteroatoms. The van der Waals surface area contributed by atoms with Crippen LogP contribution in [-0.4, -0.2) is 57.0 Å². The molecule has 1 fully saturated rings. The highest BCUT2D eigenvalue weighted by Gasteiger charge is 2.59. The van der Waals surface area contributed by atoms with Crippen LogP contribution in [0.4, 0.5) is 17.6 Å². The second-order valence-corrected chi connectivity index (χ2v) is 8.42. The summed E-state index contributed by atoms with van der Waals surface area (Å²) < 4.78 is 62.0. The maximum Gasteiger partial charge on any atom is 0.461 e. The fraction of sp³-hybridized carbons (Fsp3) is 0.619. The molecular formula is C21H27F4N3O3. The second kappa shape index (κ2) is 8.29. The Labute approximate surface area is 178 Å². The highest BCUT2D eigenvalue weighted by atomic mass is 19.3. The smallest absolute Gasteiger partial charge is 0.428 e. The van der Waals surface area contributed by atoms with Gasteiger partial charge < -0.3 is 24.9 Å². The van der Waals surface area contributed by atoms with Crippen LogP contribution >= 0.6 is 0 Å². The van der Waals surface area contributed by atoms with Crippen molar-refractivity contribution in [3.8, 4) is 5.75 Å². The third kappa shape index (κ3) is 3.97. The minimum Gasteiger partial charge on any atom is -0.428 e. The number of halogens is 4. The van der Waals surface area contributed by atoms with Crippen LogP contribution in [-0.2, 0) is 21.5 Å². The van der Waals surface area contributed by atoms with Crippen molar-refractivity contribution in [3.63, 3.8) is 0 Å². The molecule has 0 bridgehead atoms. The topological polar surface area (TPSA) is 77.1 Å². The van der Waals surface area contributed by atoms with E-state index < -0.39 is 29.2 Å². The molecule has 2 N–H and O–H groups in total. The van der Waals surface area contributed by atoms with Gasteiger partial charge >= 0.3 is 12.5 Å². The van der Waals surface area contributed by atoms with Gasteiger partial charge in [0.05, 0.1) is 6.10 Å². The molecule has 0 saturated heterocycles. The summed E-state index contributed by atoms with van der Waals surface area (Å²) in [5.74, 6) is -0.367. The van der Waals surface area contributed by atoms with Crippen LogP contribution in [0.1, 0.15) is 36.8 Å². The van der Waals surface area contributed by atoms with Crippen LogP contribution in [0.25, 0.3) is 0 Å². The molecule has 0 radical (unpaired) electrons. The number of nitrogens with two attached hydrogens (primary N) is 1. The summed E-state index contributed by atoms with van der Waals surface area (Å²) in [6.45, 7) is 0. The van der Waals surface area contributed by atoms with Crippen molar-refractivity contribution in [2.45, 2.75) is 56.3 Å². The van der Waals surface area contributed by atoms with E-state index in [1.807, 2.05) is 0 Å². The zero-order valence-electron chi connectivity index (χ0n) is 17.7. The van der Waals surface area contributed by atoms with Crippen molar-refractivity contribution >= 4 is 12.2 Å². The molecule has 1 aromatic carbocycles. The molecule has 1 aromatic rings. The van der Waals surface area contributed by atoms with Gasteiger partial charge in [-0.3, -0.25) is 0 Å². The summed E-state index contributed by atoms with van der Waals surface area (Å²) in [5, 5.41) is 0. The van der Waals surface area contributed by atoms with Gasteiger partial charge in [-0.15, -0.1) is 0 Å². The van der Waals surface area contributed by atoms with Crippen LogP contribution in [0.5, 0.6) is 5.75 Å². The lowest BCUT2D eigenvalue weighted by Crippen LogP contribution is -2.48. The number of nitrogens with zero attached hydrogens (tertiary/aromatic N) is 2. The summed E-state index contributed by atoms with van der Waals surface area (Å²) in [6.07, 6.45) is -4.82.